The van der Waals surface area contributed by atoms with E-state index in [9.17, 15) is 5.21 Å². The fraction of sp³-hybridized carbons (Fsp3) is 0.966. The summed E-state index contributed by atoms with van der Waals surface area (Å²) < 4.78 is 0. The van der Waals surface area contributed by atoms with Crippen molar-refractivity contribution in [2.24, 2.45) is 63.3 Å². The first-order chi connectivity index (χ1) is 14.7. The molecule has 4 aliphatic carbocycles. The number of hydrogen-bond acceptors (Lipinski definition) is 2. The molecule has 0 saturated heterocycles. The summed E-state index contributed by atoms with van der Waals surface area (Å²) in [4.78, 5) is 0. The minimum Gasteiger partial charge on any atom is -0.411 e. The average molecular weight is 430 g/mol. The van der Waals surface area contributed by atoms with Gasteiger partial charge in [-0.25, -0.2) is 0 Å². The quantitative estimate of drug-likeness (QED) is 0.333. The zero-order valence-corrected chi connectivity index (χ0v) is 21.5. The topological polar surface area (TPSA) is 32.6 Å². The van der Waals surface area contributed by atoms with Crippen LogP contribution < -0.4 is 0 Å². The summed E-state index contributed by atoms with van der Waals surface area (Å²) in [5, 5.41) is 13.0. The van der Waals surface area contributed by atoms with Crippen LogP contribution in [-0.4, -0.2) is 10.9 Å². The molecule has 0 aromatic carbocycles. The fourth-order valence-electron chi connectivity index (χ4n) is 9.81. The van der Waals surface area contributed by atoms with E-state index in [-0.39, 0.29) is 0 Å². The fourth-order valence-corrected chi connectivity index (χ4v) is 9.81. The van der Waals surface area contributed by atoms with Gasteiger partial charge in [0.25, 0.3) is 0 Å². The maximum atomic E-state index is 9.35. The summed E-state index contributed by atoms with van der Waals surface area (Å²) in [6, 6.07) is 0. The molecule has 0 heterocycles. The lowest BCUT2D eigenvalue weighted by molar-refractivity contribution is -0.105. The third-order valence-electron chi connectivity index (χ3n) is 11.9. The Kier molecular flexibility index (Phi) is 6.87. The van der Waals surface area contributed by atoms with E-state index < -0.39 is 0 Å². The zero-order chi connectivity index (χ0) is 22.4. The Labute approximate surface area is 193 Å². The molecular formula is C29H51NO. The highest BCUT2D eigenvalue weighted by molar-refractivity contribution is 5.85. The summed E-state index contributed by atoms with van der Waals surface area (Å²) in [6.07, 6.45) is 16.3. The number of rotatable bonds is 6. The molecule has 31 heavy (non-hydrogen) atoms. The zero-order valence-electron chi connectivity index (χ0n) is 21.5. The molecular weight excluding hydrogens is 378 g/mol. The SMILES string of the molecule is CC[C@H](CC[C@@H](C)[C@H]1CC[C@H]2[C@@H]3CC[C@H]4CC(=NO)CC[C@]4(C)[C@H]3CC[C@]12C)C(C)C. The molecule has 4 fully saturated rings. The lowest BCUT2D eigenvalue weighted by Gasteiger charge is -2.60. The third kappa shape index (κ3) is 4.01. The Morgan fingerprint density at radius 3 is 2.35 bits per heavy atom. The normalized spacial score (nSPS) is 45.8. The van der Waals surface area contributed by atoms with Crippen LogP contribution in [0.3, 0.4) is 0 Å². The van der Waals surface area contributed by atoms with Gasteiger partial charge in [0.1, 0.15) is 0 Å². The molecule has 0 aliphatic heterocycles. The van der Waals surface area contributed by atoms with E-state index in [1.807, 2.05) is 0 Å². The molecule has 0 bridgehead atoms. The average Bonchev–Trinajstić information content (AvgIpc) is 3.10. The van der Waals surface area contributed by atoms with Gasteiger partial charge in [-0.05, 0) is 122 Å². The first-order valence-corrected chi connectivity index (χ1v) is 13.9. The number of oxime groups is 1. The Morgan fingerprint density at radius 2 is 1.68 bits per heavy atom. The van der Waals surface area contributed by atoms with Crippen LogP contribution >= 0.6 is 0 Å². The second kappa shape index (κ2) is 9.02. The maximum absolute atomic E-state index is 9.35. The smallest absolute Gasteiger partial charge is 0.0574 e. The molecule has 9 atom stereocenters. The van der Waals surface area contributed by atoms with Crippen LogP contribution in [-0.2, 0) is 0 Å². The predicted octanol–water partition coefficient (Wildman–Crippen LogP) is 8.57. The van der Waals surface area contributed by atoms with E-state index in [0.29, 0.717) is 10.8 Å². The summed E-state index contributed by atoms with van der Waals surface area (Å²) in [7, 11) is 0. The molecule has 0 unspecified atom stereocenters. The molecule has 4 aliphatic rings. The molecule has 2 heteroatoms. The van der Waals surface area contributed by atoms with E-state index in [1.165, 1.54) is 64.2 Å². The number of nitrogens with zero attached hydrogens (tertiary/aromatic N) is 1. The van der Waals surface area contributed by atoms with Crippen molar-refractivity contribution in [3.8, 4) is 0 Å². The van der Waals surface area contributed by atoms with Gasteiger partial charge in [-0.15, -0.1) is 0 Å². The van der Waals surface area contributed by atoms with Crippen molar-refractivity contribution in [1.29, 1.82) is 0 Å². The van der Waals surface area contributed by atoms with Crippen LogP contribution in [0.1, 0.15) is 119 Å². The van der Waals surface area contributed by atoms with Crippen molar-refractivity contribution in [2.75, 3.05) is 0 Å². The van der Waals surface area contributed by atoms with Crippen LogP contribution in [0.25, 0.3) is 0 Å². The van der Waals surface area contributed by atoms with Gasteiger partial charge >= 0.3 is 0 Å². The van der Waals surface area contributed by atoms with E-state index >= 15 is 0 Å². The lowest BCUT2D eigenvalue weighted by atomic mass is 9.44. The van der Waals surface area contributed by atoms with Gasteiger partial charge in [0.2, 0.25) is 0 Å². The van der Waals surface area contributed by atoms with Gasteiger partial charge in [-0.3, -0.25) is 0 Å². The second-order valence-corrected chi connectivity index (χ2v) is 13.2. The molecule has 2 nitrogen and oxygen atoms in total. The Hall–Kier alpha value is -0.530. The molecule has 4 saturated carbocycles. The molecule has 0 amide bonds. The van der Waals surface area contributed by atoms with Crippen LogP contribution in [0.5, 0.6) is 0 Å². The van der Waals surface area contributed by atoms with Gasteiger partial charge in [0.05, 0.1) is 5.71 Å². The highest BCUT2D eigenvalue weighted by atomic mass is 16.4. The van der Waals surface area contributed by atoms with Gasteiger partial charge in [-0.2, -0.15) is 0 Å². The van der Waals surface area contributed by atoms with Crippen LogP contribution in [0, 0.1) is 58.2 Å². The van der Waals surface area contributed by atoms with Crippen molar-refractivity contribution < 1.29 is 5.21 Å². The van der Waals surface area contributed by atoms with Gasteiger partial charge in [0.15, 0.2) is 0 Å². The molecule has 0 aromatic rings. The van der Waals surface area contributed by atoms with Gasteiger partial charge in [-0.1, -0.05) is 59.5 Å². The van der Waals surface area contributed by atoms with E-state index in [0.717, 1.165) is 65.9 Å². The molecule has 0 aromatic heterocycles. The molecule has 178 valence electrons. The van der Waals surface area contributed by atoms with Gasteiger partial charge in [0, 0.05) is 0 Å². The molecule has 4 rings (SSSR count). The van der Waals surface area contributed by atoms with Crippen molar-refractivity contribution >= 4 is 5.71 Å². The molecule has 1 N–H and O–H groups in total. The lowest BCUT2D eigenvalue weighted by Crippen LogP contribution is -2.53. The van der Waals surface area contributed by atoms with Crippen molar-refractivity contribution in [3.05, 3.63) is 0 Å². The monoisotopic (exact) mass is 429 g/mol. The third-order valence-corrected chi connectivity index (χ3v) is 11.9. The van der Waals surface area contributed by atoms with E-state index in [4.69, 9.17) is 0 Å². The minimum atomic E-state index is 0.494. The number of hydrogen-bond donors (Lipinski definition) is 1. The molecule has 0 radical (unpaired) electrons. The van der Waals surface area contributed by atoms with Crippen molar-refractivity contribution in [1.82, 2.24) is 0 Å². The Bertz CT molecular complexity index is 655. The molecule has 0 spiro atoms. The van der Waals surface area contributed by atoms with Crippen molar-refractivity contribution in [3.63, 3.8) is 0 Å². The standard InChI is InChI=1S/C29H51NO/c1-7-21(19(2)3)9-8-20(4)25-12-13-26-24-11-10-22-18-23(30-31)14-16-28(22,5)27(24)15-17-29(25,26)6/h19-22,24-27,31H,7-18H2,1-6H3/t20-,21-,22+,24+,25-,26+,27+,28+,29-/m1/s1. The predicted molar refractivity (Wildman–Crippen MR) is 131 cm³/mol. The highest BCUT2D eigenvalue weighted by Crippen LogP contribution is 2.68. The summed E-state index contributed by atoms with van der Waals surface area (Å²) >= 11 is 0. The first-order valence-electron chi connectivity index (χ1n) is 13.9. The summed E-state index contributed by atoms with van der Waals surface area (Å²) in [5.41, 5.74) is 2.16. The van der Waals surface area contributed by atoms with E-state index in [1.54, 1.807) is 0 Å². The van der Waals surface area contributed by atoms with Crippen molar-refractivity contribution in [2.45, 2.75) is 119 Å². The van der Waals surface area contributed by atoms with Crippen LogP contribution in [0.2, 0.25) is 0 Å². The van der Waals surface area contributed by atoms with Gasteiger partial charge < -0.3 is 5.21 Å². The van der Waals surface area contributed by atoms with Crippen LogP contribution in [0.15, 0.2) is 5.16 Å². The second-order valence-electron chi connectivity index (χ2n) is 13.2. The maximum Gasteiger partial charge on any atom is 0.0574 e. The summed E-state index contributed by atoms with van der Waals surface area (Å²) in [6.45, 7) is 15.2. The minimum absolute atomic E-state index is 0.494. The van der Waals surface area contributed by atoms with E-state index in [2.05, 4.69) is 46.7 Å². The Balaban J connectivity index is 1.45. The Morgan fingerprint density at radius 1 is 0.935 bits per heavy atom. The largest absolute Gasteiger partial charge is 0.411 e. The highest BCUT2D eigenvalue weighted by Gasteiger charge is 2.60. The summed E-state index contributed by atoms with van der Waals surface area (Å²) in [5.74, 6) is 7.21. The first kappa shape index (κ1) is 23.6. The number of fused-ring (bicyclic) bond motifs is 5. The van der Waals surface area contributed by atoms with Crippen LogP contribution in [0.4, 0.5) is 0 Å².